The lowest BCUT2D eigenvalue weighted by Crippen LogP contribution is -1.84. The lowest BCUT2D eigenvalue weighted by Gasteiger charge is -2.08. The second-order valence-electron chi connectivity index (χ2n) is 23.0. The Hall–Kier alpha value is -12.5. The number of hydrogen-bond acceptors (Lipinski definition) is 12. The number of pyridine rings is 3. The summed E-state index contributed by atoms with van der Waals surface area (Å²) in [6.45, 7) is 20.0. The molecule has 0 fully saturated rings. The fraction of sp³-hybridized carbons (Fsp3) is 0.114. The van der Waals surface area contributed by atoms with Crippen LogP contribution in [0, 0.1) is 69.2 Å². The first-order valence-corrected chi connectivity index (χ1v) is 32.8. The summed E-state index contributed by atoms with van der Waals surface area (Å²) in [5.74, 6) is 1.58. The third kappa shape index (κ3) is 28.0. The summed E-state index contributed by atoms with van der Waals surface area (Å²) >= 11 is 0. The van der Waals surface area contributed by atoms with Crippen LogP contribution in [0.3, 0.4) is 0 Å². The maximum Gasteiger partial charge on any atom is 0.128 e. The van der Waals surface area contributed by atoms with E-state index in [1.54, 1.807) is 61.8 Å². The van der Waals surface area contributed by atoms with Gasteiger partial charge in [-0.1, -0.05) is 217 Å². The van der Waals surface area contributed by atoms with Crippen molar-refractivity contribution in [2.24, 2.45) is 0 Å². The molecule has 12 nitrogen and oxygen atoms in total. The zero-order valence-corrected chi connectivity index (χ0v) is 58.7. The molecule has 7 heterocycles. The smallest absolute Gasteiger partial charge is 0.128 e. The molecule has 0 bridgehead atoms. The molecular weight excluding hydrogens is 1230 g/mol. The van der Waals surface area contributed by atoms with Gasteiger partial charge in [-0.15, -0.1) is 0 Å². The van der Waals surface area contributed by atoms with Gasteiger partial charge in [0.05, 0.1) is 0 Å². The Balaban J connectivity index is 0.000000161. The molecule has 0 amide bonds. The van der Waals surface area contributed by atoms with Crippen molar-refractivity contribution in [2.45, 2.75) is 69.2 Å². The number of hydrogen-bond donors (Lipinski definition) is 0. The second-order valence-corrected chi connectivity index (χ2v) is 23.0. The molecule has 0 aliphatic carbocycles. The quantitative estimate of drug-likeness (QED) is 0.165. The summed E-state index contributed by atoms with van der Waals surface area (Å²) in [5.41, 5.74) is 17.3. The van der Waals surface area contributed by atoms with Crippen molar-refractivity contribution in [3.8, 4) is 33.4 Å². The van der Waals surface area contributed by atoms with Gasteiger partial charge in [-0.2, -0.15) is 0 Å². The second kappa shape index (κ2) is 42.8. The fourth-order valence-corrected chi connectivity index (χ4v) is 9.49. The lowest BCUT2D eigenvalue weighted by atomic mass is 9.96. The Labute approximate surface area is 589 Å². The van der Waals surface area contributed by atoms with Crippen LogP contribution in [-0.2, 0) is 0 Å². The molecule has 0 spiro atoms. The minimum atomic E-state index is 0.759. The van der Waals surface area contributed by atoms with Gasteiger partial charge in [-0.25, -0.2) is 44.9 Å². The largest absolute Gasteiger partial charge is 0.265 e. The van der Waals surface area contributed by atoms with Crippen molar-refractivity contribution >= 4 is 32.3 Å². The van der Waals surface area contributed by atoms with Crippen molar-refractivity contribution < 1.29 is 0 Å². The molecule has 0 aliphatic rings. The topological polar surface area (TPSA) is 155 Å². The number of nitrogens with zero attached hydrogens (tertiary/aromatic N) is 12. The molecule has 0 saturated heterocycles. The van der Waals surface area contributed by atoms with Crippen LogP contribution in [0.5, 0.6) is 0 Å². The van der Waals surface area contributed by atoms with E-state index in [9.17, 15) is 0 Å². The van der Waals surface area contributed by atoms with E-state index in [1.807, 2.05) is 109 Å². The SMILES string of the molecule is Cc1cc(-c2ccccc2)c2ccccc2c1.Cc1ccc2c(-c3ccccc3)cccc2c1.Cc1ccc2cc(-c3ccccc3)ccc2c1.Cc1ccccn1.Cc1cccnc1.Cc1ccncc1.Cc1ccncn1.Cc1cncnc1.Cc1ncccn1.Cc1ncncn1. The molecular formula is C88H86N12. The molecule has 498 valence electrons. The van der Waals surface area contributed by atoms with Crippen LogP contribution in [0.4, 0.5) is 0 Å². The maximum atomic E-state index is 3.98. The highest BCUT2D eigenvalue weighted by atomic mass is 15.0. The van der Waals surface area contributed by atoms with Gasteiger partial charge in [0.15, 0.2) is 0 Å². The van der Waals surface area contributed by atoms with Crippen LogP contribution in [0.15, 0.2) is 342 Å². The third-order valence-corrected chi connectivity index (χ3v) is 14.5. The molecule has 0 radical (unpaired) electrons. The van der Waals surface area contributed by atoms with E-state index in [4.69, 9.17) is 0 Å². The van der Waals surface area contributed by atoms with Crippen molar-refractivity contribution in [3.05, 3.63) is 398 Å². The van der Waals surface area contributed by atoms with Crippen LogP contribution in [-0.4, -0.2) is 59.8 Å². The fourth-order valence-electron chi connectivity index (χ4n) is 9.49. The van der Waals surface area contributed by atoms with Gasteiger partial charge >= 0.3 is 0 Å². The van der Waals surface area contributed by atoms with Gasteiger partial charge in [0, 0.05) is 73.4 Å². The first-order chi connectivity index (χ1) is 48.8. The van der Waals surface area contributed by atoms with E-state index < -0.39 is 0 Å². The monoisotopic (exact) mass is 1310 g/mol. The van der Waals surface area contributed by atoms with E-state index in [-0.39, 0.29) is 0 Å². The van der Waals surface area contributed by atoms with Gasteiger partial charge in [0.25, 0.3) is 0 Å². The van der Waals surface area contributed by atoms with E-state index in [0.717, 1.165) is 28.6 Å². The summed E-state index contributed by atoms with van der Waals surface area (Å²) in [4.78, 5) is 45.7. The highest BCUT2D eigenvalue weighted by molar-refractivity contribution is 5.98. The zero-order valence-electron chi connectivity index (χ0n) is 58.7. The van der Waals surface area contributed by atoms with Crippen molar-refractivity contribution in [3.63, 3.8) is 0 Å². The van der Waals surface area contributed by atoms with E-state index in [1.165, 1.54) is 119 Å². The number of fused-ring (bicyclic) bond motifs is 3. The van der Waals surface area contributed by atoms with Crippen molar-refractivity contribution in [2.75, 3.05) is 0 Å². The normalized spacial score (nSPS) is 9.70. The van der Waals surface area contributed by atoms with Crippen LogP contribution in [0.25, 0.3) is 65.7 Å². The first kappa shape index (κ1) is 74.8. The van der Waals surface area contributed by atoms with Gasteiger partial charge in [0.2, 0.25) is 0 Å². The Morgan fingerprint density at radius 1 is 0.200 bits per heavy atom. The molecule has 16 rings (SSSR count). The molecule has 0 saturated carbocycles. The average molecular weight is 1310 g/mol. The summed E-state index contributed by atoms with van der Waals surface area (Å²) in [6, 6.07) is 88.4. The van der Waals surface area contributed by atoms with E-state index in [0.29, 0.717) is 0 Å². The van der Waals surface area contributed by atoms with Crippen molar-refractivity contribution in [1.29, 1.82) is 0 Å². The predicted molar refractivity (Wildman–Crippen MR) is 414 cm³/mol. The minimum absolute atomic E-state index is 0.759. The molecule has 0 atom stereocenters. The number of aromatic nitrogens is 12. The first-order valence-electron chi connectivity index (χ1n) is 32.8. The predicted octanol–water partition coefficient (Wildman–Crippen LogP) is 21.2. The molecule has 7 aromatic heterocycles. The Morgan fingerprint density at radius 3 is 1.20 bits per heavy atom. The molecule has 0 aliphatic heterocycles. The van der Waals surface area contributed by atoms with Gasteiger partial charge in [-0.05, 0) is 206 Å². The summed E-state index contributed by atoms with van der Waals surface area (Å²) in [6.07, 6.45) is 23.7. The van der Waals surface area contributed by atoms with Gasteiger partial charge in [0.1, 0.15) is 37.0 Å². The molecule has 16 aromatic rings. The van der Waals surface area contributed by atoms with Gasteiger partial charge < -0.3 is 0 Å². The summed E-state index contributed by atoms with van der Waals surface area (Å²) < 4.78 is 0. The van der Waals surface area contributed by atoms with E-state index in [2.05, 4.69) is 275 Å². The molecule has 0 N–H and O–H groups in total. The standard InChI is InChI=1S/3C17H14.3C6H7N.3C5H6N2.C4H5N3/c1-13-11-15-9-5-6-10-16(15)17(12-13)14-7-3-2-4-8-14;1-13-10-11-17-15(12-13)8-5-9-16(17)14-6-3-2-4-7-14;1-13-7-8-17-12-16(10-9-15(17)11-13)14-5-3-2-4-6-14;1-6-2-4-7-5-3-6;1-6-3-2-4-7-5-6;1-6-4-2-3-5-7-6;1-5-2-6-4-7-3-5;1-5-2-3-6-4-7-5;1-5-6-3-2-4-7-5;1-4-6-2-5-3-7-4/h3*2-12H,1H3;3*2-5H,1H3;3*2-4H,1H3;2-3H,1H3. The number of aryl methyl sites for hydroxylation is 10. The Morgan fingerprint density at radius 2 is 0.710 bits per heavy atom. The molecule has 12 heteroatoms. The van der Waals surface area contributed by atoms with Crippen molar-refractivity contribution in [1.82, 2.24) is 59.8 Å². The highest BCUT2D eigenvalue weighted by Crippen LogP contribution is 2.31. The van der Waals surface area contributed by atoms with Gasteiger partial charge in [-0.3, -0.25) is 15.0 Å². The van der Waals surface area contributed by atoms with Crippen LogP contribution >= 0.6 is 0 Å². The molecule has 0 unspecified atom stereocenters. The zero-order chi connectivity index (χ0) is 70.8. The highest BCUT2D eigenvalue weighted by Gasteiger charge is 2.05. The summed E-state index contributed by atoms with van der Waals surface area (Å²) in [5, 5.41) is 7.88. The number of rotatable bonds is 3. The maximum absolute atomic E-state index is 3.98. The average Bonchev–Trinajstić information content (AvgIpc) is 0.816. The Bertz CT molecular complexity index is 4460. The molecule has 100 heavy (non-hydrogen) atoms. The van der Waals surface area contributed by atoms with Crippen LogP contribution in [0.2, 0.25) is 0 Å². The molecule has 9 aromatic carbocycles. The van der Waals surface area contributed by atoms with Crippen LogP contribution < -0.4 is 0 Å². The summed E-state index contributed by atoms with van der Waals surface area (Å²) in [7, 11) is 0. The lowest BCUT2D eigenvalue weighted by molar-refractivity contribution is 0.974. The minimum Gasteiger partial charge on any atom is -0.265 e. The third-order valence-electron chi connectivity index (χ3n) is 14.5. The van der Waals surface area contributed by atoms with Crippen LogP contribution in [0.1, 0.15) is 56.4 Å². The Kier molecular flexibility index (Phi) is 32.0. The number of benzene rings is 9. The van der Waals surface area contributed by atoms with E-state index >= 15 is 0 Å².